The summed E-state index contributed by atoms with van der Waals surface area (Å²) in [6.45, 7) is 1.96. The zero-order chi connectivity index (χ0) is 29.9. The summed E-state index contributed by atoms with van der Waals surface area (Å²) in [5.41, 5.74) is 2.34. The second kappa shape index (κ2) is 11.4. The van der Waals surface area contributed by atoms with Crippen LogP contribution in [-0.4, -0.2) is 36.0 Å². The topological polar surface area (TPSA) is 146 Å². The highest BCUT2D eigenvalue weighted by Gasteiger charge is 2.15. The highest BCUT2D eigenvalue weighted by molar-refractivity contribution is 6.07. The summed E-state index contributed by atoms with van der Waals surface area (Å²) in [6, 6.07) is 24.3. The fraction of sp³-hybridized carbons (Fsp3) is 0.0323. The van der Waals surface area contributed by atoms with Crippen molar-refractivity contribution in [2.24, 2.45) is 0 Å². The van der Waals surface area contributed by atoms with Crippen molar-refractivity contribution in [3.63, 3.8) is 0 Å². The van der Waals surface area contributed by atoms with Gasteiger partial charge in [-0.25, -0.2) is 18.9 Å². The smallest absolute Gasteiger partial charge is 0.324 e. The number of rotatable bonds is 7. The van der Waals surface area contributed by atoms with Gasteiger partial charge in [-0.1, -0.05) is 42.0 Å². The SMILES string of the molecule is Cc1ccc(-n2nc(O)cc2NC(=O)Nc2ccc(Oc3ccnc(Nc4ccc(O)cc4F)n3)c3ccccc23)cc1. The van der Waals surface area contributed by atoms with Crippen LogP contribution in [0.2, 0.25) is 0 Å². The van der Waals surface area contributed by atoms with Gasteiger partial charge in [-0.15, -0.1) is 5.10 Å². The van der Waals surface area contributed by atoms with Crippen molar-refractivity contribution in [2.45, 2.75) is 6.92 Å². The summed E-state index contributed by atoms with van der Waals surface area (Å²) >= 11 is 0. The molecule has 0 aliphatic carbocycles. The Labute approximate surface area is 244 Å². The molecule has 2 aromatic heterocycles. The van der Waals surface area contributed by atoms with E-state index in [2.05, 4.69) is 31.0 Å². The van der Waals surface area contributed by atoms with Crippen LogP contribution in [-0.2, 0) is 0 Å². The van der Waals surface area contributed by atoms with Gasteiger partial charge in [0.15, 0.2) is 0 Å². The third kappa shape index (κ3) is 5.98. The Hall–Kier alpha value is -6.17. The van der Waals surface area contributed by atoms with Crippen LogP contribution in [0.4, 0.5) is 32.3 Å². The van der Waals surface area contributed by atoms with Gasteiger partial charge in [0, 0.05) is 35.2 Å². The molecule has 0 radical (unpaired) electrons. The van der Waals surface area contributed by atoms with Crippen LogP contribution in [0, 0.1) is 12.7 Å². The molecule has 6 rings (SSSR count). The van der Waals surface area contributed by atoms with E-state index in [-0.39, 0.29) is 35.0 Å². The van der Waals surface area contributed by atoms with Gasteiger partial charge < -0.3 is 25.6 Å². The van der Waals surface area contributed by atoms with Gasteiger partial charge in [0.25, 0.3) is 0 Å². The molecule has 0 unspecified atom stereocenters. The average Bonchev–Trinajstić information content (AvgIpc) is 3.36. The number of nitrogens with zero attached hydrogens (tertiary/aromatic N) is 4. The summed E-state index contributed by atoms with van der Waals surface area (Å²) in [5.74, 6) is -0.0605. The number of urea groups is 1. The third-order valence-electron chi connectivity index (χ3n) is 6.39. The van der Waals surface area contributed by atoms with Crippen LogP contribution < -0.4 is 20.7 Å². The maximum atomic E-state index is 14.2. The monoisotopic (exact) mass is 577 g/mol. The maximum absolute atomic E-state index is 14.2. The van der Waals surface area contributed by atoms with Crippen LogP contribution in [0.3, 0.4) is 0 Å². The van der Waals surface area contributed by atoms with E-state index in [1.165, 1.54) is 29.1 Å². The Kier molecular flexibility index (Phi) is 7.15. The number of carbonyl (C=O) groups is 1. The van der Waals surface area contributed by atoms with Crippen LogP contribution in [0.25, 0.3) is 16.5 Å². The summed E-state index contributed by atoms with van der Waals surface area (Å²) in [6.07, 6.45) is 1.46. The molecule has 0 bridgehead atoms. The first kappa shape index (κ1) is 27.0. The number of fused-ring (bicyclic) bond motifs is 1. The first-order chi connectivity index (χ1) is 20.8. The maximum Gasteiger partial charge on any atom is 0.324 e. The van der Waals surface area contributed by atoms with Gasteiger partial charge in [-0.2, -0.15) is 4.98 Å². The highest BCUT2D eigenvalue weighted by Crippen LogP contribution is 2.34. The first-order valence-electron chi connectivity index (χ1n) is 13.0. The number of aromatic hydroxyl groups is 2. The minimum absolute atomic E-state index is 0.0891. The molecular weight excluding hydrogens is 553 g/mol. The number of nitrogens with one attached hydrogen (secondary N) is 3. The van der Waals surface area contributed by atoms with Crippen molar-refractivity contribution in [3.8, 4) is 28.9 Å². The number of halogens is 1. The number of ether oxygens (including phenoxy) is 1. The lowest BCUT2D eigenvalue weighted by Gasteiger charge is -2.14. The lowest BCUT2D eigenvalue weighted by molar-refractivity contribution is 0.262. The largest absolute Gasteiger partial charge is 0.508 e. The normalized spacial score (nSPS) is 10.8. The Balaban J connectivity index is 1.21. The second-order valence-corrected chi connectivity index (χ2v) is 9.48. The Morgan fingerprint density at radius 2 is 1.65 bits per heavy atom. The quantitative estimate of drug-likeness (QED) is 0.129. The van der Waals surface area contributed by atoms with E-state index >= 15 is 0 Å². The fourth-order valence-electron chi connectivity index (χ4n) is 4.38. The predicted octanol–water partition coefficient (Wildman–Crippen LogP) is 6.85. The Morgan fingerprint density at radius 3 is 2.44 bits per heavy atom. The third-order valence-corrected chi connectivity index (χ3v) is 6.39. The van der Waals surface area contributed by atoms with Gasteiger partial charge in [0.05, 0.1) is 17.1 Å². The Morgan fingerprint density at radius 1 is 0.884 bits per heavy atom. The average molecular weight is 578 g/mol. The minimum atomic E-state index is -0.663. The van der Waals surface area contributed by atoms with Crippen LogP contribution >= 0.6 is 0 Å². The van der Waals surface area contributed by atoms with E-state index in [0.29, 0.717) is 27.9 Å². The zero-order valence-electron chi connectivity index (χ0n) is 22.6. The summed E-state index contributed by atoms with van der Waals surface area (Å²) in [4.78, 5) is 21.5. The van der Waals surface area contributed by atoms with E-state index < -0.39 is 11.8 Å². The minimum Gasteiger partial charge on any atom is -0.508 e. The van der Waals surface area contributed by atoms with Gasteiger partial charge in [0.1, 0.15) is 23.1 Å². The number of phenols is 1. The number of benzene rings is 4. The lowest BCUT2D eigenvalue weighted by atomic mass is 10.1. The van der Waals surface area contributed by atoms with Crippen molar-refractivity contribution >= 4 is 39.9 Å². The number of hydrogen-bond acceptors (Lipinski definition) is 8. The number of aryl methyl sites for hydroxylation is 1. The van der Waals surface area contributed by atoms with Crippen LogP contribution in [0.1, 0.15) is 5.56 Å². The standard InChI is InChI=1S/C31H24FN7O4/c1-18-6-8-19(9-7-18)39-27(17-28(41)38-39)36-31(42)35-24-12-13-26(22-5-3-2-4-21(22)24)43-29-14-15-33-30(37-29)34-25-11-10-20(40)16-23(25)32/h2-17,40H,1H3,(H,38,41)(H,33,34,37)(H2,35,36,42). The summed E-state index contributed by atoms with van der Waals surface area (Å²) in [7, 11) is 0. The number of aromatic nitrogens is 4. The molecule has 0 saturated heterocycles. The Bertz CT molecular complexity index is 1960. The molecular formula is C31H24FN7O4. The summed E-state index contributed by atoms with van der Waals surface area (Å²) in [5, 5.41) is 33.3. The van der Waals surface area contributed by atoms with Crippen molar-refractivity contribution in [1.29, 1.82) is 0 Å². The molecule has 214 valence electrons. The molecule has 5 N–H and O–H groups in total. The second-order valence-electron chi connectivity index (χ2n) is 9.48. The van der Waals surface area contributed by atoms with Gasteiger partial charge in [-0.05, 0) is 43.3 Å². The van der Waals surface area contributed by atoms with E-state index in [1.54, 1.807) is 18.2 Å². The summed E-state index contributed by atoms with van der Waals surface area (Å²) < 4.78 is 21.7. The zero-order valence-corrected chi connectivity index (χ0v) is 22.6. The molecule has 2 heterocycles. The number of amides is 2. The molecule has 0 saturated carbocycles. The van der Waals surface area contributed by atoms with Crippen molar-refractivity contribution in [1.82, 2.24) is 19.7 Å². The molecule has 4 aromatic carbocycles. The fourth-order valence-corrected chi connectivity index (χ4v) is 4.38. The van der Waals surface area contributed by atoms with Crippen molar-refractivity contribution < 1.29 is 24.1 Å². The number of hydrogen-bond donors (Lipinski definition) is 5. The van der Waals surface area contributed by atoms with Crippen molar-refractivity contribution in [2.75, 3.05) is 16.0 Å². The van der Waals surface area contributed by atoms with Gasteiger partial charge in [0.2, 0.25) is 17.7 Å². The van der Waals surface area contributed by atoms with E-state index in [0.717, 1.165) is 11.6 Å². The molecule has 0 aliphatic rings. The number of anilines is 4. The molecule has 12 heteroatoms. The van der Waals surface area contributed by atoms with E-state index in [1.807, 2.05) is 55.5 Å². The number of phenolic OH excluding ortho intramolecular Hbond substituents is 1. The van der Waals surface area contributed by atoms with Crippen LogP contribution in [0.15, 0.2) is 97.2 Å². The van der Waals surface area contributed by atoms with Crippen molar-refractivity contribution in [3.05, 3.63) is 109 Å². The van der Waals surface area contributed by atoms with Gasteiger partial charge >= 0.3 is 6.03 Å². The highest BCUT2D eigenvalue weighted by atomic mass is 19.1. The molecule has 0 atom stereocenters. The molecule has 0 aliphatic heterocycles. The lowest BCUT2D eigenvalue weighted by Crippen LogP contribution is -2.21. The van der Waals surface area contributed by atoms with E-state index in [9.17, 15) is 19.4 Å². The molecule has 0 fully saturated rings. The molecule has 6 aromatic rings. The van der Waals surface area contributed by atoms with E-state index in [4.69, 9.17) is 4.74 Å². The molecule has 2 amide bonds. The molecule has 11 nitrogen and oxygen atoms in total. The first-order valence-corrected chi connectivity index (χ1v) is 13.0. The molecule has 0 spiro atoms. The van der Waals surface area contributed by atoms with Crippen LogP contribution in [0.5, 0.6) is 23.3 Å². The predicted molar refractivity (Wildman–Crippen MR) is 160 cm³/mol. The number of carbonyl (C=O) groups excluding carboxylic acids is 1. The molecule has 43 heavy (non-hydrogen) atoms. The van der Waals surface area contributed by atoms with Gasteiger partial charge in [-0.3, -0.25) is 5.32 Å².